The summed E-state index contributed by atoms with van der Waals surface area (Å²) in [6, 6.07) is 4.45. The fourth-order valence-corrected chi connectivity index (χ4v) is 0.961. The molecule has 0 aliphatic rings. The smallest absolute Gasteiger partial charge is 0.164 e. The highest BCUT2D eigenvalue weighted by Gasteiger charge is 2.01. The molecule has 0 aromatic heterocycles. The van der Waals surface area contributed by atoms with Gasteiger partial charge in [-0.25, -0.2) is 4.39 Å². The second kappa shape index (κ2) is 4.90. The number of hydrogen-bond acceptors (Lipinski definition) is 1. The number of rotatable bonds is 4. The minimum Gasteiger partial charge on any atom is -0.491 e. The molecule has 0 bridgehead atoms. The minimum absolute atomic E-state index is 0.280. The molecule has 0 fully saturated rings. The summed E-state index contributed by atoms with van der Waals surface area (Å²) in [4.78, 5) is 0. The summed E-state index contributed by atoms with van der Waals surface area (Å²) in [6.07, 6.45) is 1.97. The largest absolute Gasteiger partial charge is 0.491 e. The third-order valence-corrected chi connectivity index (χ3v) is 1.71. The normalized spacial score (nSPS) is 10.0. The topological polar surface area (TPSA) is 9.23 Å². The van der Waals surface area contributed by atoms with Crippen LogP contribution in [0.5, 0.6) is 5.75 Å². The van der Waals surface area contributed by atoms with Crippen LogP contribution < -0.4 is 10.2 Å². The minimum atomic E-state index is -0.392. The second-order valence-corrected chi connectivity index (χ2v) is 2.89. The standard InChI is InChI=1S/C10H12BFO/c1-2-3-6-13-10-5-4-8(11)7-9(10)12/h4-5,7H,2-3,6H2,1H3. The number of unbranched alkanes of at least 4 members (excludes halogenated alkanes) is 1. The quantitative estimate of drug-likeness (QED) is 0.504. The third kappa shape index (κ3) is 3.09. The van der Waals surface area contributed by atoms with E-state index in [9.17, 15) is 4.39 Å². The highest BCUT2D eigenvalue weighted by Crippen LogP contribution is 2.14. The SMILES string of the molecule is [B]c1ccc(OCCCC)c(F)c1. The van der Waals surface area contributed by atoms with Crippen molar-refractivity contribution in [3.8, 4) is 5.75 Å². The van der Waals surface area contributed by atoms with Gasteiger partial charge in [0.1, 0.15) is 7.85 Å². The zero-order chi connectivity index (χ0) is 9.68. The van der Waals surface area contributed by atoms with Crippen molar-refractivity contribution >= 4 is 13.3 Å². The summed E-state index contributed by atoms with van der Waals surface area (Å²) in [5.74, 6) is -0.112. The van der Waals surface area contributed by atoms with Crippen LogP contribution in [0.3, 0.4) is 0 Å². The molecule has 68 valence electrons. The summed E-state index contributed by atoms with van der Waals surface area (Å²) in [5, 5.41) is 0. The van der Waals surface area contributed by atoms with Gasteiger partial charge in [-0.1, -0.05) is 24.9 Å². The van der Waals surface area contributed by atoms with Gasteiger partial charge in [-0.3, -0.25) is 0 Å². The van der Waals surface area contributed by atoms with Crippen LogP contribution in [0.2, 0.25) is 0 Å². The van der Waals surface area contributed by atoms with Gasteiger partial charge >= 0.3 is 0 Å². The van der Waals surface area contributed by atoms with Gasteiger partial charge in [-0.15, -0.1) is 0 Å². The lowest BCUT2D eigenvalue weighted by molar-refractivity contribution is 0.294. The van der Waals surface area contributed by atoms with Crippen LogP contribution in [0.15, 0.2) is 18.2 Å². The lowest BCUT2D eigenvalue weighted by atomic mass is 9.96. The Kier molecular flexibility index (Phi) is 3.81. The van der Waals surface area contributed by atoms with Crippen LogP contribution in [-0.2, 0) is 0 Å². The molecule has 2 radical (unpaired) electrons. The van der Waals surface area contributed by atoms with E-state index in [0.29, 0.717) is 12.1 Å². The van der Waals surface area contributed by atoms with Crippen LogP contribution in [0.1, 0.15) is 19.8 Å². The summed E-state index contributed by atoms with van der Waals surface area (Å²) < 4.78 is 18.3. The maximum absolute atomic E-state index is 13.1. The Bertz CT molecular complexity index is 276. The van der Waals surface area contributed by atoms with Crippen molar-refractivity contribution in [2.75, 3.05) is 6.61 Å². The first-order valence-corrected chi connectivity index (χ1v) is 4.42. The Balaban J connectivity index is 2.56. The molecule has 1 rings (SSSR count). The molecule has 0 spiro atoms. The molecular formula is C10H12BFO. The zero-order valence-electron chi connectivity index (χ0n) is 7.72. The van der Waals surface area contributed by atoms with Gasteiger partial charge in [0.25, 0.3) is 0 Å². The zero-order valence-corrected chi connectivity index (χ0v) is 7.72. The highest BCUT2D eigenvalue weighted by atomic mass is 19.1. The number of hydrogen-bond donors (Lipinski definition) is 0. The summed E-state index contributed by atoms with van der Waals surface area (Å²) >= 11 is 0. The van der Waals surface area contributed by atoms with Gasteiger partial charge in [0, 0.05) is 0 Å². The lowest BCUT2D eigenvalue weighted by Crippen LogP contribution is -2.05. The third-order valence-electron chi connectivity index (χ3n) is 1.71. The van der Waals surface area contributed by atoms with E-state index in [0.717, 1.165) is 12.8 Å². The van der Waals surface area contributed by atoms with Crippen molar-refractivity contribution in [3.63, 3.8) is 0 Å². The van der Waals surface area contributed by atoms with Crippen LogP contribution in [-0.4, -0.2) is 14.5 Å². The van der Waals surface area contributed by atoms with Crippen LogP contribution in [0, 0.1) is 5.82 Å². The fourth-order valence-electron chi connectivity index (χ4n) is 0.961. The Morgan fingerprint density at radius 3 is 2.85 bits per heavy atom. The average molecular weight is 178 g/mol. The molecule has 0 unspecified atom stereocenters. The van der Waals surface area contributed by atoms with Crippen LogP contribution >= 0.6 is 0 Å². The number of halogens is 1. The van der Waals surface area contributed by atoms with E-state index in [1.165, 1.54) is 6.07 Å². The first-order chi connectivity index (χ1) is 6.24. The fraction of sp³-hybridized carbons (Fsp3) is 0.400. The van der Waals surface area contributed by atoms with E-state index < -0.39 is 5.82 Å². The maximum Gasteiger partial charge on any atom is 0.164 e. The van der Waals surface area contributed by atoms with Crippen LogP contribution in [0.25, 0.3) is 0 Å². The Morgan fingerprint density at radius 1 is 1.46 bits per heavy atom. The molecule has 3 heteroatoms. The molecular weight excluding hydrogens is 166 g/mol. The van der Waals surface area contributed by atoms with E-state index in [2.05, 4.69) is 6.92 Å². The summed E-state index contributed by atoms with van der Waals surface area (Å²) in [6.45, 7) is 2.61. The first kappa shape index (κ1) is 10.1. The molecule has 0 saturated heterocycles. The van der Waals surface area contributed by atoms with E-state index >= 15 is 0 Å². The van der Waals surface area contributed by atoms with Crippen LogP contribution in [0.4, 0.5) is 4.39 Å². The van der Waals surface area contributed by atoms with Gasteiger partial charge < -0.3 is 4.74 Å². The van der Waals surface area contributed by atoms with E-state index in [1.807, 2.05) is 0 Å². The first-order valence-electron chi connectivity index (χ1n) is 4.42. The molecule has 0 aliphatic carbocycles. The van der Waals surface area contributed by atoms with E-state index in [-0.39, 0.29) is 5.75 Å². The second-order valence-electron chi connectivity index (χ2n) is 2.89. The Morgan fingerprint density at radius 2 is 2.23 bits per heavy atom. The van der Waals surface area contributed by atoms with Gasteiger partial charge in [-0.2, -0.15) is 0 Å². The molecule has 0 aliphatic heterocycles. The number of benzene rings is 1. The number of ether oxygens (including phenoxy) is 1. The molecule has 1 aromatic carbocycles. The van der Waals surface area contributed by atoms with E-state index in [4.69, 9.17) is 12.6 Å². The molecule has 0 saturated carbocycles. The van der Waals surface area contributed by atoms with Crippen molar-refractivity contribution in [2.24, 2.45) is 0 Å². The molecule has 0 atom stereocenters. The molecule has 0 heterocycles. The molecule has 0 N–H and O–H groups in total. The molecule has 1 aromatic rings. The molecule has 1 nitrogen and oxygen atoms in total. The average Bonchev–Trinajstić information content (AvgIpc) is 2.09. The summed E-state index contributed by atoms with van der Waals surface area (Å²) in [5.41, 5.74) is 0.417. The predicted molar refractivity (Wildman–Crippen MR) is 52.2 cm³/mol. The van der Waals surface area contributed by atoms with Gasteiger partial charge in [0.2, 0.25) is 0 Å². The van der Waals surface area contributed by atoms with Crippen molar-refractivity contribution < 1.29 is 9.13 Å². The van der Waals surface area contributed by atoms with Gasteiger partial charge in [0.15, 0.2) is 11.6 Å². The Hall–Kier alpha value is -0.985. The molecule has 0 amide bonds. The van der Waals surface area contributed by atoms with Crippen molar-refractivity contribution in [2.45, 2.75) is 19.8 Å². The van der Waals surface area contributed by atoms with E-state index in [1.54, 1.807) is 12.1 Å². The predicted octanol–water partition coefficient (Wildman–Crippen LogP) is 1.80. The van der Waals surface area contributed by atoms with Gasteiger partial charge in [0.05, 0.1) is 6.61 Å². The van der Waals surface area contributed by atoms with Gasteiger partial charge in [-0.05, 0) is 18.6 Å². The van der Waals surface area contributed by atoms with Crippen molar-refractivity contribution in [3.05, 3.63) is 24.0 Å². The monoisotopic (exact) mass is 178 g/mol. The van der Waals surface area contributed by atoms with Crippen molar-refractivity contribution in [1.29, 1.82) is 0 Å². The summed E-state index contributed by atoms with van der Waals surface area (Å²) in [7, 11) is 5.39. The Labute approximate surface area is 79.3 Å². The molecule has 13 heavy (non-hydrogen) atoms. The van der Waals surface area contributed by atoms with Crippen molar-refractivity contribution in [1.82, 2.24) is 0 Å². The maximum atomic E-state index is 13.1. The lowest BCUT2D eigenvalue weighted by Gasteiger charge is -2.06. The highest BCUT2D eigenvalue weighted by molar-refractivity contribution is 6.32.